The first-order valence-electron chi connectivity index (χ1n) is 9.15. The minimum atomic E-state index is -0.216. The number of rotatable bonds is 4. The van der Waals surface area contributed by atoms with Gasteiger partial charge in [-0.1, -0.05) is 23.9 Å². The Hall–Kier alpha value is -2.19. The predicted octanol–water partition coefficient (Wildman–Crippen LogP) is 3.89. The van der Waals surface area contributed by atoms with E-state index < -0.39 is 0 Å². The van der Waals surface area contributed by atoms with E-state index >= 15 is 0 Å². The summed E-state index contributed by atoms with van der Waals surface area (Å²) in [4.78, 5) is 27.5. The molecule has 1 amide bonds. The van der Waals surface area contributed by atoms with Crippen molar-refractivity contribution in [2.24, 2.45) is 0 Å². The fourth-order valence-electron chi connectivity index (χ4n) is 3.39. The van der Waals surface area contributed by atoms with Gasteiger partial charge in [0, 0.05) is 36.4 Å². The van der Waals surface area contributed by atoms with Crippen LogP contribution in [-0.2, 0) is 4.79 Å². The van der Waals surface area contributed by atoms with Crippen LogP contribution in [0, 0.1) is 19.7 Å². The smallest absolute Gasteiger partial charge is 0.233 e. The quantitative estimate of drug-likeness (QED) is 0.477. The first kappa shape index (κ1) is 19.1. The molecule has 3 heterocycles. The van der Waals surface area contributed by atoms with E-state index in [1.807, 2.05) is 15.9 Å². The van der Waals surface area contributed by atoms with Gasteiger partial charge in [0.15, 0.2) is 0 Å². The Morgan fingerprint density at radius 3 is 2.68 bits per heavy atom. The number of para-hydroxylation sites is 1. The van der Waals surface area contributed by atoms with Gasteiger partial charge in [0.1, 0.15) is 22.0 Å². The number of hydrogen-bond acceptors (Lipinski definition) is 6. The number of amides is 1. The zero-order valence-electron chi connectivity index (χ0n) is 15.8. The lowest BCUT2D eigenvalue weighted by Gasteiger charge is -2.36. The number of nitrogens with zero attached hydrogens (tertiary/aromatic N) is 4. The lowest BCUT2D eigenvalue weighted by atomic mass is 10.2. The van der Waals surface area contributed by atoms with Crippen LogP contribution in [0.15, 0.2) is 35.6 Å². The number of aromatic nitrogens is 2. The lowest BCUT2D eigenvalue weighted by molar-refractivity contribution is -0.128. The third-order valence-electron chi connectivity index (χ3n) is 5.09. The highest BCUT2D eigenvalue weighted by atomic mass is 32.2. The number of carbonyl (C=O) groups is 1. The first-order valence-corrected chi connectivity index (χ1v) is 11.0. The molecule has 0 unspecified atom stereocenters. The van der Waals surface area contributed by atoms with Crippen LogP contribution < -0.4 is 4.90 Å². The lowest BCUT2D eigenvalue weighted by Crippen LogP contribution is -2.49. The molecule has 28 heavy (non-hydrogen) atoms. The second kappa shape index (κ2) is 8.05. The van der Waals surface area contributed by atoms with Crippen molar-refractivity contribution in [3.8, 4) is 0 Å². The summed E-state index contributed by atoms with van der Waals surface area (Å²) in [5.41, 5.74) is 1.80. The maximum Gasteiger partial charge on any atom is 0.233 e. The number of thioether (sulfide) groups is 1. The zero-order valence-corrected chi connectivity index (χ0v) is 17.4. The molecule has 3 aromatic rings. The fourth-order valence-corrected chi connectivity index (χ4v) is 5.41. The molecule has 1 aliphatic heterocycles. The predicted molar refractivity (Wildman–Crippen MR) is 113 cm³/mol. The van der Waals surface area contributed by atoms with Crippen molar-refractivity contribution in [1.82, 2.24) is 14.9 Å². The van der Waals surface area contributed by atoms with Crippen molar-refractivity contribution in [3.63, 3.8) is 0 Å². The SMILES string of the molecule is Cc1sc2ncnc(SCC(=O)N3CCN(c4ccccc4F)CC3)c2c1C. The number of hydrogen-bond donors (Lipinski definition) is 0. The van der Waals surface area contributed by atoms with Crippen molar-refractivity contribution >= 4 is 44.9 Å². The number of benzene rings is 1. The highest BCUT2D eigenvalue weighted by Crippen LogP contribution is 2.34. The molecule has 4 rings (SSSR count). The van der Waals surface area contributed by atoms with Crippen molar-refractivity contribution in [1.29, 1.82) is 0 Å². The van der Waals surface area contributed by atoms with Crippen LogP contribution in [0.1, 0.15) is 10.4 Å². The van der Waals surface area contributed by atoms with Crippen LogP contribution in [0.3, 0.4) is 0 Å². The molecule has 146 valence electrons. The van der Waals surface area contributed by atoms with Gasteiger partial charge in [-0.3, -0.25) is 4.79 Å². The molecule has 0 atom stereocenters. The Kier molecular flexibility index (Phi) is 5.50. The number of thiophene rings is 1. The highest BCUT2D eigenvalue weighted by Gasteiger charge is 2.23. The molecule has 0 bridgehead atoms. The molecule has 5 nitrogen and oxygen atoms in total. The Morgan fingerprint density at radius 1 is 1.18 bits per heavy atom. The summed E-state index contributed by atoms with van der Waals surface area (Å²) in [7, 11) is 0. The third-order valence-corrected chi connectivity index (χ3v) is 7.18. The van der Waals surface area contributed by atoms with Crippen LogP contribution in [0.25, 0.3) is 10.2 Å². The molecule has 0 saturated carbocycles. The molecular weight excluding hydrogens is 395 g/mol. The van der Waals surface area contributed by atoms with Crippen LogP contribution in [0.5, 0.6) is 0 Å². The van der Waals surface area contributed by atoms with Gasteiger partial charge in [0.25, 0.3) is 0 Å². The first-order chi connectivity index (χ1) is 13.5. The van der Waals surface area contributed by atoms with Gasteiger partial charge in [0.05, 0.1) is 11.4 Å². The van der Waals surface area contributed by atoms with Gasteiger partial charge < -0.3 is 9.80 Å². The fraction of sp³-hybridized carbons (Fsp3) is 0.350. The molecule has 1 aromatic carbocycles. The minimum absolute atomic E-state index is 0.0922. The minimum Gasteiger partial charge on any atom is -0.366 e. The Bertz CT molecular complexity index is 1010. The topological polar surface area (TPSA) is 49.3 Å². The maximum atomic E-state index is 14.0. The van der Waals surface area contributed by atoms with Gasteiger partial charge in [-0.05, 0) is 31.5 Å². The van der Waals surface area contributed by atoms with Crippen LogP contribution in [0.4, 0.5) is 10.1 Å². The number of anilines is 1. The average Bonchev–Trinajstić information content (AvgIpc) is 3.01. The summed E-state index contributed by atoms with van der Waals surface area (Å²) in [6, 6.07) is 6.79. The van der Waals surface area contributed by atoms with E-state index in [2.05, 4.69) is 23.8 Å². The largest absolute Gasteiger partial charge is 0.366 e. The normalized spacial score (nSPS) is 14.7. The summed E-state index contributed by atoms with van der Waals surface area (Å²) in [5, 5.41) is 1.93. The number of piperazine rings is 1. The second-order valence-electron chi connectivity index (χ2n) is 6.75. The Balaban J connectivity index is 1.38. The molecule has 1 aliphatic rings. The van der Waals surface area contributed by atoms with E-state index in [4.69, 9.17) is 0 Å². The van der Waals surface area contributed by atoms with Crippen molar-refractivity contribution in [2.75, 3.05) is 36.8 Å². The summed E-state index contributed by atoms with van der Waals surface area (Å²) in [5.74, 6) is 0.224. The molecular formula is C20H21FN4OS2. The van der Waals surface area contributed by atoms with Crippen molar-refractivity contribution in [3.05, 3.63) is 46.9 Å². The summed E-state index contributed by atoms with van der Waals surface area (Å²) in [6.45, 7) is 6.63. The third kappa shape index (κ3) is 3.71. The van der Waals surface area contributed by atoms with Gasteiger partial charge >= 0.3 is 0 Å². The van der Waals surface area contributed by atoms with E-state index in [9.17, 15) is 9.18 Å². The number of fused-ring (bicyclic) bond motifs is 1. The van der Waals surface area contributed by atoms with Crippen molar-refractivity contribution in [2.45, 2.75) is 18.9 Å². The van der Waals surface area contributed by atoms with Crippen LogP contribution in [0.2, 0.25) is 0 Å². The van der Waals surface area contributed by atoms with E-state index in [0.717, 1.165) is 15.2 Å². The summed E-state index contributed by atoms with van der Waals surface area (Å²) in [6.07, 6.45) is 1.57. The molecule has 0 radical (unpaired) electrons. The Labute approximate surface area is 171 Å². The van der Waals surface area contributed by atoms with Gasteiger partial charge in [-0.25, -0.2) is 14.4 Å². The number of carbonyl (C=O) groups excluding carboxylic acids is 1. The van der Waals surface area contributed by atoms with E-state index in [1.165, 1.54) is 28.3 Å². The molecule has 0 aliphatic carbocycles. The van der Waals surface area contributed by atoms with E-state index in [0.29, 0.717) is 37.6 Å². The molecule has 1 fully saturated rings. The maximum absolute atomic E-state index is 14.0. The zero-order chi connectivity index (χ0) is 19.7. The van der Waals surface area contributed by atoms with Gasteiger partial charge in [-0.2, -0.15) is 0 Å². The average molecular weight is 417 g/mol. The van der Waals surface area contributed by atoms with Crippen molar-refractivity contribution < 1.29 is 9.18 Å². The highest BCUT2D eigenvalue weighted by molar-refractivity contribution is 8.00. The standard InChI is InChI=1S/C20H21FN4OS2/c1-13-14(2)28-20-18(13)19(22-12-23-20)27-11-17(26)25-9-7-24(8-10-25)16-6-4-3-5-15(16)21/h3-6,12H,7-11H2,1-2H3. The van der Waals surface area contributed by atoms with Gasteiger partial charge in [-0.15, -0.1) is 11.3 Å². The molecule has 0 spiro atoms. The molecule has 2 aromatic heterocycles. The summed E-state index contributed by atoms with van der Waals surface area (Å²) < 4.78 is 14.0. The number of halogens is 1. The van der Waals surface area contributed by atoms with Crippen LogP contribution >= 0.6 is 23.1 Å². The van der Waals surface area contributed by atoms with Crippen LogP contribution in [-0.4, -0.2) is 52.7 Å². The summed E-state index contributed by atoms with van der Waals surface area (Å²) >= 11 is 3.13. The molecule has 8 heteroatoms. The second-order valence-corrected chi connectivity index (χ2v) is 8.92. The molecule has 0 N–H and O–H groups in total. The van der Waals surface area contributed by atoms with E-state index in [-0.39, 0.29) is 11.7 Å². The monoisotopic (exact) mass is 416 g/mol. The number of aryl methyl sites for hydroxylation is 2. The Morgan fingerprint density at radius 2 is 1.93 bits per heavy atom. The van der Waals surface area contributed by atoms with Gasteiger partial charge in [0.2, 0.25) is 5.91 Å². The van der Waals surface area contributed by atoms with E-state index in [1.54, 1.807) is 29.8 Å². The molecule has 1 saturated heterocycles.